The van der Waals surface area contributed by atoms with E-state index < -0.39 is 21.5 Å². The maximum absolute atomic E-state index is 13.5. The molecule has 34 heavy (non-hydrogen) atoms. The van der Waals surface area contributed by atoms with Crippen LogP contribution < -0.4 is 4.90 Å². The molecule has 0 unspecified atom stereocenters. The predicted octanol–water partition coefficient (Wildman–Crippen LogP) is 4.99. The highest BCUT2D eigenvalue weighted by Gasteiger charge is 2.34. The average molecular weight is 548 g/mol. The fraction of sp³-hybridized carbons (Fsp3) is 0.333. The minimum atomic E-state index is -3.95. The zero-order valence-electron chi connectivity index (χ0n) is 19.2. The van der Waals surface area contributed by atoms with E-state index in [1.54, 1.807) is 17.0 Å². The molecule has 0 N–H and O–H groups in total. The van der Waals surface area contributed by atoms with Crippen LogP contribution in [0, 0.1) is 0 Å². The number of aromatic nitrogens is 1. The molecule has 0 radical (unpaired) electrons. The number of rotatable bonds is 4. The van der Waals surface area contributed by atoms with Crippen molar-refractivity contribution in [1.29, 1.82) is 0 Å². The third kappa shape index (κ3) is 5.28. The summed E-state index contributed by atoms with van der Waals surface area (Å²) in [5.41, 5.74) is 0.0868. The minimum Gasteiger partial charge on any atom is -0.444 e. The highest BCUT2D eigenvalue weighted by Crippen LogP contribution is 2.35. The van der Waals surface area contributed by atoms with E-state index in [-0.39, 0.29) is 21.7 Å². The van der Waals surface area contributed by atoms with Crippen LogP contribution in [0.4, 0.5) is 10.7 Å². The Kier molecular flexibility index (Phi) is 6.73. The molecule has 1 fully saturated rings. The first kappa shape index (κ1) is 24.3. The molecule has 8 nitrogen and oxygen atoms in total. The van der Waals surface area contributed by atoms with Crippen LogP contribution in [-0.4, -0.2) is 56.2 Å². The minimum absolute atomic E-state index is 0.122. The molecule has 2 heterocycles. The summed E-state index contributed by atoms with van der Waals surface area (Å²) in [6.45, 7) is 6.96. The highest BCUT2D eigenvalue weighted by molar-refractivity contribution is 9.10. The van der Waals surface area contributed by atoms with E-state index in [9.17, 15) is 13.2 Å². The van der Waals surface area contributed by atoms with E-state index in [0.29, 0.717) is 31.7 Å². The smallest absolute Gasteiger partial charge is 0.410 e. The number of benzene rings is 2. The lowest BCUT2D eigenvalue weighted by atomic mass is 10.2. The molecule has 1 aliphatic heterocycles. The molecule has 180 valence electrons. The number of nitrogens with zero attached hydrogens (tertiary/aromatic N) is 3. The summed E-state index contributed by atoms with van der Waals surface area (Å²) in [6.07, 6.45) is -0.391. The SMILES string of the molecule is CC(C)(C)OC(=O)N1CCN(c2oc(-c3ccccc3)nc2S(=O)(=O)c2ccc(Br)cc2)CC1. The van der Waals surface area contributed by atoms with Crippen molar-refractivity contribution in [3.05, 3.63) is 59.1 Å². The van der Waals surface area contributed by atoms with Gasteiger partial charge in [-0.15, -0.1) is 0 Å². The topological polar surface area (TPSA) is 92.9 Å². The number of halogens is 1. The Balaban J connectivity index is 1.66. The summed E-state index contributed by atoms with van der Waals surface area (Å²) < 4.78 is 39.3. The molecule has 10 heteroatoms. The van der Waals surface area contributed by atoms with Crippen LogP contribution in [0.5, 0.6) is 0 Å². The second-order valence-electron chi connectivity index (χ2n) is 8.91. The quantitative estimate of drug-likeness (QED) is 0.454. The Morgan fingerprint density at radius 2 is 1.62 bits per heavy atom. The fourth-order valence-corrected chi connectivity index (χ4v) is 5.11. The van der Waals surface area contributed by atoms with Gasteiger partial charge in [0.15, 0.2) is 0 Å². The molecule has 3 aromatic rings. The van der Waals surface area contributed by atoms with Crippen molar-refractivity contribution >= 4 is 37.7 Å². The zero-order chi connectivity index (χ0) is 24.5. The molecule has 0 spiro atoms. The Morgan fingerprint density at radius 1 is 1.00 bits per heavy atom. The standard InChI is InChI=1S/C24H26BrN3O5S/c1-24(2,3)33-23(29)28-15-13-27(14-16-28)22-21(26-20(32-22)17-7-5-4-6-8-17)34(30,31)19-11-9-18(25)10-12-19/h4-12H,13-16H2,1-3H3. The van der Waals surface area contributed by atoms with E-state index in [1.807, 2.05) is 56.0 Å². The Labute approximate surface area is 207 Å². The monoisotopic (exact) mass is 547 g/mol. The largest absolute Gasteiger partial charge is 0.444 e. The Hall–Kier alpha value is -2.85. The van der Waals surface area contributed by atoms with Gasteiger partial charge in [-0.25, -0.2) is 13.2 Å². The van der Waals surface area contributed by atoms with E-state index in [1.165, 1.54) is 12.1 Å². The van der Waals surface area contributed by atoms with E-state index in [4.69, 9.17) is 9.15 Å². The third-order valence-electron chi connectivity index (χ3n) is 5.20. The van der Waals surface area contributed by atoms with Crippen molar-refractivity contribution < 1.29 is 22.4 Å². The lowest BCUT2D eigenvalue weighted by Gasteiger charge is -2.35. The van der Waals surface area contributed by atoms with Gasteiger partial charge in [-0.1, -0.05) is 34.1 Å². The average Bonchev–Trinajstić information content (AvgIpc) is 3.25. The first-order chi connectivity index (χ1) is 16.0. The number of carbonyl (C=O) groups is 1. The molecule has 1 aliphatic rings. The number of sulfone groups is 1. The first-order valence-electron chi connectivity index (χ1n) is 10.8. The number of oxazole rings is 1. The van der Waals surface area contributed by atoms with Gasteiger partial charge < -0.3 is 19.0 Å². The lowest BCUT2D eigenvalue weighted by molar-refractivity contribution is 0.0239. The normalized spacial score (nSPS) is 14.8. The van der Waals surface area contributed by atoms with Gasteiger partial charge in [0.2, 0.25) is 26.6 Å². The van der Waals surface area contributed by atoms with E-state index in [0.717, 1.165) is 4.47 Å². The molecule has 4 rings (SSSR count). The molecule has 1 saturated heterocycles. The second kappa shape index (κ2) is 9.42. The number of piperazine rings is 1. The Morgan fingerprint density at radius 3 is 2.21 bits per heavy atom. The lowest BCUT2D eigenvalue weighted by Crippen LogP contribution is -2.50. The molecule has 1 amide bonds. The second-order valence-corrected chi connectivity index (χ2v) is 11.7. The van der Waals surface area contributed by atoms with Crippen molar-refractivity contribution in [1.82, 2.24) is 9.88 Å². The number of ether oxygens (including phenoxy) is 1. The maximum Gasteiger partial charge on any atom is 0.410 e. The molecule has 0 bridgehead atoms. The summed E-state index contributed by atoms with van der Waals surface area (Å²) in [7, 11) is -3.95. The fourth-order valence-electron chi connectivity index (χ4n) is 3.52. The molecule has 0 saturated carbocycles. The summed E-state index contributed by atoms with van der Waals surface area (Å²) in [5.74, 6) is 0.395. The number of hydrogen-bond acceptors (Lipinski definition) is 7. The number of hydrogen-bond donors (Lipinski definition) is 0. The van der Waals surface area contributed by atoms with Gasteiger partial charge in [-0.05, 0) is 57.2 Å². The molecular formula is C24H26BrN3O5S. The number of amides is 1. The molecule has 2 aromatic carbocycles. The number of anilines is 1. The van der Waals surface area contributed by atoms with Crippen molar-refractivity contribution in [2.24, 2.45) is 0 Å². The summed E-state index contributed by atoms with van der Waals surface area (Å²) in [5, 5.41) is -0.139. The van der Waals surface area contributed by atoms with Crippen LogP contribution in [0.3, 0.4) is 0 Å². The van der Waals surface area contributed by atoms with Crippen LogP contribution in [0.2, 0.25) is 0 Å². The molecule has 0 atom stereocenters. The van der Waals surface area contributed by atoms with Gasteiger partial charge >= 0.3 is 6.09 Å². The number of carbonyl (C=O) groups excluding carboxylic acids is 1. The predicted molar refractivity (Wildman–Crippen MR) is 132 cm³/mol. The van der Waals surface area contributed by atoms with Crippen molar-refractivity contribution in [3.8, 4) is 11.5 Å². The van der Waals surface area contributed by atoms with Crippen molar-refractivity contribution in [3.63, 3.8) is 0 Å². The first-order valence-corrected chi connectivity index (χ1v) is 13.1. The summed E-state index contributed by atoms with van der Waals surface area (Å²) >= 11 is 3.34. The third-order valence-corrected chi connectivity index (χ3v) is 7.39. The van der Waals surface area contributed by atoms with E-state index >= 15 is 0 Å². The van der Waals surface area contributed by atoms with Gasteiger partial charge in [0.05, 0.1) is 4.90 Å². The molecule has 0 aliphatic carbocycles. The van der Waals surface area contributed by atoms with Crippen LogP contribution in [-0.2, 0) is 14.6 Å². The summed E-state index contributed by atoms with van der Waals surface area (Å²) in [4.78, 5) is 20.4. The highest BCUT2D eigenvalue weighted by atomic mass is 79.9. The van der Waals surface area contributed by atoms with Gasteiger partial charge in [0.25, 0.3) is 0 Å². The maximum atomic E-state index is 13.5. The van der Waals surface area contributed by atoms with E-state index in [2.05, 4.69) is 20.9 Å². The zero-order valence-corrected chi connectivity index (χ0v) is 21.6. The van der Waals surface area contributed by atoms with Gasteiger partial charge in [0, 0.05) is 36.2 Å². The van der Waals surface area contributed by atoms with Crippen LogP contribution >= 0.6 is 15.9 Å². The van der Waals surface area contributed by atoms with Crippen LogP contribution in [0.15, 0.2) is 73.4 Å². The Bertz CT molecular complexity index is 1260. The van der Waals surface area contributed by atoms with Gasteiger partial charge in [0.1, 0.15) is 5.60 Å². The van der Waals surface area contributed by atoms with Crippen molar-refractivity contribution in [2.75, 3.05) is 31.1 Å². The van der Waals surface area contributed by atoms with Crippen molar-refractivity contribution in [2.45, 2.75) is 36.3 Å². The van der Waals surface area contributed by atoms with Crippen LogP contribution in [0.1, 0.15) is 20.8 Å². The summed E-state index contributed by atoms with van der Waals surface area (Å²) in [6, 6.07) is 15.6. The van der Waals surface area contributed by atoms with Crippen LogP contribution in [0.25, 0.3) is 11.5 Å². The molecule has 1 aromatic heterocycles. The molecular weight excluding hydrogens is 522 g/mol. The van der Waals surface area contributed by atoms with Gasteiger partial charge in [-0.2, -0.15) is 4.98 Å². The van der Waals surface area contributed by atoms with Gasteiger partial charge in [-0.3, -0.25) is 0 Å².